The van der Waals surface area contributed by atoms with Gasteiger partial charge in [-0.05, 0) is 59.3 Å². The third kappa shape index (κ3) is 6.27. The minimum atomic E-state index is 0.229. The van der Waals surface area contributed by atoms with E-state index < -0.39 is 0 Å². The second-order valence-corrected chi connectivity index (χ2v) is 10.8. The minimum Gasteiger partial charge on any atom is -0.346 e. The molecule has 3 heterocycles. The van der Waals surface area contributed by atoms with Gasteiger partial charge in [-0.2, -0.15) is 0 Å². The number of carbonyl (C=O) groups is 1. The van der Waals surface area contributed by atoms with Crippen LogP contribution in [-0.4, -0.2) is 60.5 Å². The summed E-state index contributed by atoms with van der Waals surface area (Å²) < 4.78 is 0. The fourth-order valence-corrected chi connectivity index (χ4v) is 6.33. The molecule has 0 saturated carbocycles. The molecule has 1 amide bonds. The van der Waals surface area contributed by atoms with Crippen LogP contribution < -0.4 is 5.32 Å². The molecular formula is C31H36N4OS. The zero-order chi connectivity index (χ0) is 25.5. The summed E-state index contributed by atoms with van der Waals surface area (Å²) in [6, 6.07) is 25.9. The Morgan fingerprint density at radius 3 is 2.81 bits per heavy atom. The highest BCUT2D eigenvalue weighted by molar-refractivity contribution is 7.10. The fraction of sp³-hybridized carbons (Fsp3) is 0.355. The van der Waals surface area contributed by atoms with Gasteiger partial charge in [0.2, 0.25) is 5.91 Å². The van der Waals surface area contributed by atoms with E-state index in [2.05, 4.69) is 87.3 Å². The Balaban J connectivity index is 1.18. The SMILES string of the molecule is CN(CCC(c1cccs1)c1cccc2ccccc12)C(=O)CCCN1CCNCC1c1ccccn1. The Morgan fingerprint density at radius 2 is 1.97 bits per heavy atom. The second-order valence-electron chi connectivity index (χ2n) is 9.85. The molecule has 0 spiro atoms. The number of rotatable bonds is 10. The van der Waals surface area contributed by atoms with Crippen LogP contribution in [0.25, 0.3) is 10.8 Å². The van der Waals surface area contributed by atoms with Gasteiger partial charge in [-0.25, -0.2) is 0 Å². The number of benzene rings is 2. The summed E-state index contributed by atoms with van der Waals surface area (Å²) in [5.41, 5.74) is 2.45. The number of carbonyl (C=O) groups excluding carboxylic acids is 1. The summed E-state index contributed by atoms with van der Waals surface area (Å²) >= 11 is 1.80. The molecule has 2 atom stereocenters. The Hall–Kier alpha value is -3.06. The number of nitrogens with zero attached hydrogens (tertiary/aromatic N) is 3. The average molecular weight is 513 g/mol. The Bertz CT molecular complexity index is 1270. The van der Waals surface area contributed by atoms with Crippen molar-refractivity contribution in [1.82, 2.24) is 20.1 Å². The highest BCUT2D eigenvalue weighted by Gasteiger charge is 2.25. The highest BCUT2D eigenvalue weighted by Crippen LogP contribution is 2.35. The zero-order valence-electron chi connectivity index (χ0n) is 21.6. The van der Waals surface area contributed by atoms with Crippen LogP contribution in [0.2, 0.25) is 0 Å². The minimum absolute atomic E-state index is 0.229. The van der Waals surface area contributed by atoms with Gasteiger partial charge in [-0.15, -0.1) is 11.3 Å². The van der Waals surface area contributed by atoms with E-state index in [-0.39, 0.29) is 17.9 Å². The molecule has 4 aromatic rings. The van der Waals surface area contributed by atoms with Crippen LogP contribution in [0.1, 0.15) is 47.4 Å². The third-order valence-corrected chi connectivity index (χ3v) is 8.47. The summed E-state index contributed by atoms with van der Waals surface area (Å²) in [6.45, 7) is 4.53. The molecule has 5 rings (SSSR count). The van der Waals surface area contributed by atoms with Gasteiger partial charge in [0.15, 0.2) is 0 Å². The number of aromatic nitrogens is 1. The Labute approximate surface area is 224 Å². The van der Waals surface area contributed by atoms with E-state index in [1.54, 1.807) is 11.3 Å². The molecule has 2 aromatic carbocycles. The molecule has 0 radical (unpaired) electrons. The van der Waals surface area contributed by atoms with E-state index in [4.69, 9.17) is 0 Å². The molecule has 37 heavy (non-hydrogen) atoms. The van der Waals surface area contributed by atoms with Crippen LogP contribution in [0.15, 0.2) is 84.4 Å². The smallest absolute Gasteiger partial charge is 0.222 e. The average Bonchev–Trinajstić information content (AvgIpc) is 3.48. The van der Waals surface area contributed by atoms with Crippen LogP contribution in [0.4, 0.5) is 0 Å². The molecular weight excluding hydrogens is 476 g/mol. The number of piperazine rings is 1. The summed E-state index contributed by atoms with van der Waals surface area (Å²) in [5, 5.41) is 8.21. The Morgan fingerprint density at radius 1 is 1.11 bits per heavy atom. The van der Waals surface area contributed by atoms with E-state index in [0.717, 1.165) is 51.3 Å². The highest BCUT2D eigenvalue weighted by atomic mass is 32.1. The number of thiophene rings is 1. The first-order chi connectivity index (χ1) is 18.2. The van der Waals surface area contributed by atoms with Gasteiger partial charge in [-0.3, -0.25) is 14.7 Å². The summed E-state index contributed by atoms with van der Waals surface area (Å²) in [5.74, 6) is 0.508. The lowest BCUT2D eigenvalue weighted by Crippen LogP contribution is -2.46. The standard InChI is InChI=1S/C31H36N4OS/c1-34(31(36)15-7-19-35-21-18-32-23-29(35)28-13-4-5-17-33-28)20-16-27(30-14-8-22-37-30)26-12-6-10-24-9-2-3-11-25(24)26/h2-6,8-14,17,22,27,29,32H,7,15-16,18-21,23H2,1H3. The maximum Gasteiger partial charge on any atom is 0.222 e. The summed E-state index contributed by atoms with van der Waals surface area (Å²) in [4.78, 5) is 23.4. The van der Waals surface area contributed by atoms with Crippen molar-refractivity contribution in [1.29, 1.82) is 0 Å². The number of hydrogen-bond acceptors (Lipinski definition) is 5. The molecule has 2 aromatic heterocycles. The molecule has 1 aliphatic rings. The normalized spacial score (nSPS) is 17.1. The predicted molar refractivity (Wildman–Crippen MR) is 153 cm³/mol. The van der Waals surface area contributed by atoms with Crippen molar-refractivity contribution in [2.45, 2.75) is 31.2 Å². The third-order valence-electron chi connectivity index (χ3n) is 7.48. The van der Waals surface area contributed by atoms with Gasteiger partial charge < -0.3 is 10.2 Å². The van der Waals surface area contributed by atoms with E-state index >= 15 is 0 Å². The van der Waals surface area contributed by atoms with Gasteiger partial charge in [0, 0.05) is 56.6 Å². The summed E-state index contributed by atoms with van der Waals surface area (Å²) in [7, 11) is 1.96. The first-order valence-electron chi connectivity index (χ1n) is 13.3. The molecule has 0 aliphatic carbocycles. The van der Waals surface area contributed by atoms with Crippen molar-refractivity contribution in [3.8, 4) is 0 Å². The topological polar surface area (TPSA) is 48.5 Å². The number of hydrogen-bond donors (Lipinski definition) is 1. The van der Waals surface area contributed by atoms with Crippen molar-refractivity contribution in [3.05, 3.63) is 101 Å². The Kier molecular flexibility index (Phi) is 8.61. The molecule has 0 bridgehead atoms. The van der Waals surface area contributed by atoms with Gasteiger partial charge in [-0.1, -0.05) is 54.6 Å². The molecule has 5 nitrogen and oxygen atoms in total. The van der Waals surface area contributed by atoms with Crippen molar-refractivity contribution in [3.63, 3.8) is 0 Å². The molecule has 1 saturated heterocycles. The lowest BCUT2D eigenvalue weighted by molar-refractivity contribution is -0.130. The lowest BCUT2D eigenvalue weighted by Gasteiger charge is -2.35. The predicted octanol–water partition coefficient (Wildman–Crippen LogP) is 5.70. The quantitative estimate of drug-likeness (QED) is 0.296. The fourth-order valence-electron chi connectivity index (χ4n) is 5.45. The van der Waals surface area contributed by atoms with Crippen molar-refractivity contribution < 1.29 is 4.79 Å². The first-order valence-corrected chi connectivity index (χ1v) is 14.2. The van der Waals surface area contributed by atoms with E-state index in [9.17, 15) is 4.79 Å². The van der Waals surface area contributed by atoms with E-state index in [1.807, 2.05) is 24.2 Å². The number of fused-ring (bicyclic) bond motifs is 1. The van der Waals surface area contributed by atoms with Crippen LogP contribution in [-0.2, 0) is 4.79 Å². The molecule has 192 valence electrons. The number of pyridine rings is 1. The largest absolute Gasteiger partial charge is 0.346 e. The zero-order valence-corrected chi connectivity index (χ0v) is 22.4. The molecule has 1 N–H and O–H groups in total. The first kappa shape index (κ1) is 25.6. The monoisotopic (exact) mass is 512 g/mol. The van der Waals surface area contributed by atoms with Crippen molar-refractivity contribution in [2.24, 2.45) is 0 Å². The van der Waals surface area contributed by atoms with Crippen molar-refractivity contribution >= 4 is 28.0 Å². The molecule has 6 heteroatoms. The van der Waals surface area contributed by atoms with Crippen LogP contribution in [0, 0.1) is 0 Å². The van der Waals surface area contributed by atoms with E-state index in [1.165, 1.54) is 21.2 Å². The molecule has 1 aliphatic heterocycles. The van der Waals surface area contributed by atoms with Gasteiger partial charge in [0.25, 0.3) is 0 Å². The summed E-state index contributed by atoms with van der Waals surface area (Å²) in [6.07, 6.45) is 4.22. The van der Waals surface area contributed by atoms with Crippen LogP contribution >= 0.6 is 11.3 Å². The van der Waals surface area contributed by atoms with Gasteiger partial charge in [0.05, 0.1) is 11.7 Å². The lowest BCUT2D eigenvalue weighted by atomic mass is 9.89. The van der Waals surface area contributed by atoms with E-state index in [0.29, 0.717) is 6.42 Å². The maximum absolute atomic E-state index is 13.1. The molecule has 2 unspecified atom stereocenters. The van der Waals surface area contributed by atoms with Crippen LogP contribution in [0.3, 0.4) is 0 Å². The second kappa shape index (κ2) is 12.5. The van der Waals surface area contributed by atoms with Gasteiger partial charge in [0.1, 0.15) is 0 Å². The number of nitrogens with one attached hydrogen (secondary N) is 1. The number of amides is 1. The maximum atomic E-state index is 13.1. The van der Waals surface area contributed by atoms with Gasteiger partial charge >= 0.3 is 0 Å². The molecule has 1 fully saturated rings. The van der Waals surface area contributed by atoms with Crippen molar-refractivity contribution in [2.75, 3.05) is 39.8 Å². The van der Waals surface area contributed by atoms with Crippen LogP contribution in [0.5, 0.6) is 0 Å².